The number of rotatable bonds is 7. The van der Waals surface area contributed by atoms with Crippen LogP contribution in [0.25, 0.3) is 5.69 Å². The van der Waals surface area contributed by atoms with Crippen molar-refractivity contribution in [3.05, 3.63) is 118 Å². The van der Waals surface area contributed by atoms with Gasteiger partial charge in [0.15, 0.2) is 5.16 Å². The zero-order valence-corrected chi connectivity index (χ0v) is 18.8. The Morgan fingerprint density at radius 1 is 0.970 bits per heavy atom. The van der Waals surface area contributed by atoms with Gasteiger partial charge in [0.1, 0.15) is 0 Å². The predicted molar refractivity (Wildman–Crippen MR) is 130 cm³/mol. The molecule has 7 heteroatoms. The minimum Gasteiger partial charge on any atom is -0.493 e. The van der Waals surface area contributed by atoms with Crippen LogP contribution in [0.1, 0.15) is 22.7 Å². The van der Waals surface area contributed by atoms with Crippen LogP contribution in [-0.4, -0.2) is 26.3 Å². The molecule has 0 atom stereocenters. The molecule has 0 aliphatic heterocycles. The van der Waals surface area contributed by atoms with E-state index in [2.05, 4.69) is 10.3 Å². The lowest BCUT2D eigenvalue weighted by Gasteiger charge is -2.20. The fraction of sp³-hybridized carbons (Fsp3) is 0.115. The Morgan fingerprint density at radius 3 is 2.12 bits per heavy atom. The van der Waals surface area contributed by atoms with E-state index in [1.807, 2.05) is 79.7 Å². The summed E-state index contributed by atoms with van der Waals surface area (Å²) >= 11 is 1.09. The van der Waals surface area contributed by atoms with E-state index in [1.165, 1.54) is 4.57 Å². The molecule has 1 amide bonds. The molecule has 0 unspecified atom stereocenters. The molecule has 166 valence electrons. The van der Waals surface area contributed by atoms with E-state index in [1.54, 1.807) is 12.1 Å². The number of thioether (sulfide) groups is 1. The first-order valence-electron chi connectivity index (χ1n) is 10.4. The maximum Gasteiger partial charge on any atom is 0.262 e. The highest BCUT2D eigenvalue weighted by Crippen LogP contribution is 2.24. The number of aromatic hydroxyl groups is 1. The second kappa shape index (κ2) is 10.2. The van der Waals surface area contributed by atoms with Crippen LogP contribution in [0.4, 0.5) is 0 Å². The number of carbonyl (C=O) groups excluding carboxylic acids is 1. The zero-order chi connectivity index (χ0) is 23.2. The van der Waals surface area contributed by atoms with Crippen molar-refractivity contribution < 1.29 is 9.90 Å². The van der Waals surface area contributed by atoms with Crippen molar-refractivity contribution in [2.45, 2.75) is 18.1 Å². The topological polar surface area (TPSA) is 84.2 Å². The van der Waals surface area contributed by atoms with Crippen molar-refractivity contribution in [3.8, 4) is 11.6 Å². The number of aryl methyl sites for hydroxylation is 1. The van der Waals surface area contributed by atoms with E-state index in [0.29, 0.717) is 5.69 Å². The van der Waals surface area contributed by atoms with Crippen LogP contribution in [0.15, 0.2) is 101 Å². The Balaban J connectivity index is 1.56. The highest BCUT2D eigenvalue weighted by Gasteiger charge is 2.18. The molecular formula is C26H23N3O3S. The van der Waals surface area contributed by atoms with Crippen LogP contribution in [-0.2, 0) is 4.79 Å². The lowest BCUT2D eigenvalue weighted by molar-refractivity contribution is -0.119. The molecule has 0 spiro atoms. The monoisotopic (exact) mass is 457 g/mol. The maximum atomic E-state index is 12.9. The van der Waals surface area contributed by atoms with E-state index >= 15 is 0 Å². The normalized spacial score (nSPS) is 10.8. The third kappa shape index (κ3) is 5.51. The van der Waals surface area contributed by atoms with Crippen molar-refractivity contribution in [2.75, 3.05) is 5.75 Å². The molecular weight excluding hydrogens is 434 g/mol. The molecule has 33 heavy (non-hydrogen) atoms. The first kappa shape index (κ1) is 22.4. The summed E-state index contributed by atoms with van der Waals surface area (Å²) in [5.41, 5.74) is 3.19. The molecule has 0 saturated carbocycles. The van der Waals surface area contributed by atoms with Crippen LogP contribution >= 0.6 is 11.8 Å². The van der Waals surface area contributed by atoms with Crippen molar-refractivity contribution in [1.82, 2.24) is 14.9 Å². The average molecular weight is 458 g/mol. The largest absolute Gasteiger partial charge is 0.493 e. The highest BCUT2D eigenvalue weighted by atomic mass is 32.2. The molecule has 4 aromatic rings. The Hall–Kier alpha value is -3.84. The average Bonchev–Trinajstić information content (AvgIpc) is 2.83. The summed E-state index contributed by atoms with van der Waals surface area (Å²) in [4.78, 5) is 29.6. The predicted octanol–water partition coefficient (Wildman–Crippen LogP) is 4.24. The van der Waals surface area contributed by atoms with Gasteiger partial charge in [-0.1, -0.05) is 90.1 Å². The number of amides is 1. The smallest absolute Gasteiger partial charge is 0.262 e. The van der Waals surface area contributed by atoms with Gasteiger partial charge in [-0.15, -0.1) is 0 Å². The minimum absolute atomic E-state index is 0.0257. The van der Waals surface area contributed by atoms with Crippen LogP contribution in [0.5, 0.6) is 5.88 Å². The summed E-state index contributed by atoms with van der Waals surface area (Å²) < 4.78 is 1.39. The van der Waals surface area contributed by atoms with Gasteiger partial charge in [-0.25, -0.2) is 0 Å². The summed E-state index contributed by atoms with van der Waals surface area (Å²) in [6.07, 6.45) is 0. The van der Waals surface area contributed by atoms with Crippen LogP contribution < -0.4 is 10.9 Å². The minimum atomic E-state index is -0.416. The number of nitrogens with one attached hydrogen (secondary N) is 1. The lowest BCUT2D eigenvalue weighted by Crippen LogP contribution is -2.31. The number of carbonyl (C=O) groups is 1. The van der Waals surface area contributed by atoms with Gasteiger partial charge in [-0.05, 0) is 30.2 Å². The molecule has 0 aliphatic carbocycles. The van der Waals surface area contributed by atoms with Gasteiger partial charge in [-0.2, -0.15) is 4.98 Å². The molecule has 0 radical (unpaired) electrons. The van der Waals surface area contributed by atoms with Crippen molar-refractivity contribution in [3.63, 3.8) is 0 Å². The number of hydrogen-bond acceptors (Lipinski definition) is 5. The van der Waals surface area contributed by atoms with Crippen molar-refractivity contribution in [1.29, 1.82) is 0 Å². The van der Waals surface area contributed by atoms with E-state index in [9.17, 15) is 14.7 Å². The molecule has 0 aliphatic rings. The van der Waals surface area contributed by atoms with Crippen LogP contribution in [0, 0.1) is 6.92 Å². The Labute approximate surface area is 196 Å². The zero-order valence-electron chi connectivity index (χ0n) is 18.0. The first-order chi connectivity index (χ1) is 16.0. The third-order valence-electron chi connectivity index (χ3n) is 5.07. The van der Waals surface area contributed by atoms with E-state index in [-0.39, 0.29) is 28.7 Å². The number of benzene rings is 3. The van der Waals surface area contributed by atoms with Crippen LogP contribution in [0.3, 0.4) is 0 Å². The molecule has 3 aromatic carbocycles. The second-order valence-corrected chi connectivity index (χ2v) is 8.46. The molecule has 2 N–H and O–H groups in total. The molecule has 6 nitrogen and oxygen atoms in total. The van der Waals surface area contributed by atoms with Gasteiger partial charge < -0.3 is 10.4 Å². The van der Waals surface area contributed by atoms with E-state index in [4.69, 9.17) is 0 Å². The molecule has 4 rings (SSSR count). The lowest BCUT2D eigenvalue weighted by atomic mass is 9.99. The van der Waals surface area contributed by atoms with E-state index in [0.717, 1.165) is 34.5 Å². The second-order valence-electron chi connectivity index (χ2n) is 7.52. The van der Waals surface area contributed by atoms with Gasteiger partial charge in [0.05, 0.1) is 23.5 Å². The SMILES string of the molecule is Cc1ccc(-n2c(SCC(=O)NC(c3ccccc3)c3ccccc3)nc(O)cc2=O)cc1. The quantitative estimate of drug-likeness (QED) is 0.320. The highest BCUT2D eigenvalue weighted by molar-refractivity contribution is 7.99. The maximum absolute atomic E-state index is 12.9. The molecule has 1 aromatic heterocycles. The third-order valence-corrected chi connectivity index (χ3v) is 6.01. The summed E-state index contributed by atoms with van der Waals surface area (Å²) in [6.45, 7) is 1.96. The number of aromatic nitrogens is 2. The first-order valence-corrected chi connectivity index (χ1v) is 11.4. The van der Waals surface area contributed by atoms with Crippen molar-refractivity contribution >= 4 is 17.7 Å². The summed E-state index contributed by atoms with van der Waals surface area (Å²) in [5.74, 6) is -0.568. The van der Waals surface area contributed by atoms with Crippen LogP contribution in [0.2, 0.25) is 0 Å². The summed E-state index contributed by atoms with van der Waals surface area (Å²) in [7, 11) is 0. The fourth-order valence-corrected chi connectivity index (χ4v) is 4.29. The Morgan fingerprint density at radius 2 is 1.55 bits per heavy atom. The number of hydrogen-bond donors (Lipinski definition) is 2. The number of nitrogens with zero attached hydrogens (tertiary/aromatic N) is 2. The fourth-order valence-electron chi connectivity index (χ4n) is 3.46. The van der Waals surface area contributed by atoms with Gasteiger partial charge in [-0.3, -0.25) is 14.2 Å². The Kier molecular flexibility index (Phi) is 6.90. The summed E-state index contributed by atoms with van der Waals surface area (Å²) in [6, 6.07) is 27.6. The summed E-state index contributed by atoms with van der Waals surface area (Å²) in [5, 5.41) is 13.2. The van der Waals surface area contributed by atoms with Crippen molar-refractivity contribution in [2.24, 2.45) is 0 Å². The molecule has 0 saturated heterocycles. The Bertz CT molecular complexity index is 1250. The van der Waals surface area contributed by atoms with Gasteiger partial charge >= 0.3 is 0 Å². The van der Waals surface area contributed by atoms with Gasteiger partial charge in [0, 0.05) is 0 Å². The van der Waals surface area contributed by atoms with Gasteiger partial charge in [0.2, 0.25) is 11.8 Å². The van der Waals surface area contributed by atoms with Gasteiger partial charge in [0.25, 0.3) is 5.56 Å². The molecule has 0 fully saturated rings. The standard InChI is InChI=1S/C26H23N3O3S/c1-18-12-14-21(15-13-18)29-24(32)16-22(30)28-26(29)33-17-23(31)27-25(19-8-4-2-5-9-19)20-10-6-3-7-11-20/h2-16,25,30H,17H2,1H3,(H,27,31). The molecule has 0 bridgehead atoms. The molecule has 1 heterocycles. The van der Waals surface area contributed by atoms with E-state index < -0.39 is 5.56 Å².